The van der Waals surface area contributed by atoms with E-state index in [0.29, 0.717) is 6.08 Å². The van der Waals surface area contributed by atoms with Gasteiger partial charge in [-0.05, 0) is 0 Å². The number of carboxylic acid groups (broad SMARTS) is 2. The van der Waals surface area contributed by atoms with E-state index in [9.17, 15) is 14.4 Å². The van der Waals surface area contributed by atoms with Crippen molar-refractivity contribution in [2.24, 2.45) is 0 Å². The highest BCUT2D eigenvalue weighted by atomic mass is 16.5. The highest BCUT2D eigenvalue weighted by molar-refractivity contribution is 5.94. The molecule has 0 aliphatic rings. The average Bonchev–Trinajstić information content (AvgIpc) is 2.15. The zero-order valence-corrected chi connectivity index (χ0v) is 7.80. The molecule has 0 spiro atoms. The van der Waals surface area contributed by atoms with Crippen LogP contribution in [0.2, 0.25) is 0 Å². The third-order valence-corrected chi connectivity index (χ3v) is 1.35. The normalized spacial score (nSPS) is 10.5. The number of carbonyl (C=O) groups is 3. The van der Waals surface area contributed by atoms with Gasteiger partial charge in [0.05, 0.1) is 6.61 Å². The minimum Gasteiger partial charge on any atom is -0.478 e. The second-order valence-electron chi connectivity index (χ2n) is 2.43. The molecule has 0 bridgehead atoms. The number of aliphatic carboxylic acids is 2. The lowest BCUT2D eigenvalue weighted by Gasteiger charge is -2.02. The number of carbonyl (C=O) groups excluding carboxylic acids is 1. The maximum Gasteiger partial charge on any atom is 0.331 e. The molecule has 0 rings (SSSR count). The number of ether oxygens (including phenoxy) is 1. The van der Waals surface area contributed by atoms with Gasteiger partial charge in [0.15, 0.2) is 0 Å². The van der Waals surface area contributed by atoms with Gasteiger partial charge in [-0.2, -0.15) is 0 Å². The lowest BCUT2D eigenvalue weighted by atomic mass is 10.2. The topological polar surface area (TPSA) is 101 Å². The van der Waals surface area contributed by atoms with Crippen LogP contribution >= 0.6 is 0 Å². The summed E-state index contributed by atoms with van der Waals surface area (Å²) >= 11 is 0. The lowest BCUT2D eigenvalue weighted by molar-refractivity contribution is -0.139. The van der Waals surface area contributed by atoms with Crippen LogP contribution in [0.3, 0.4) is 0 Å². The Bertz CT molecular complexity index is 315. The summed E-state index contributed by atoms with van der Waals surface area (Å²) in [6.45, 7) is 2.94. The second kappa shape index (κ2) is 6.36. The SMILES string of the molecule is C=CC(=O)OCC/C(=C\C(=O)O)C(=O)O. The van der Waals surface area contributed by atoms with Crippen LogP contribution in [0.1, 0.15) is 6.42 Å². The van der Waals surface area contributed by atoms with Gasteiger partial charge in [-0.25, -0.2) is 14.4 Å². The maximum absolute atomic E-state index is 10.6. The monoisotopic (exact) mass is 214 g/mol. The number of hydrogen-bond acceptors (Lipinski definition) is 4. The molecule has 0 heterocycles. The molecule has 0 atom stereocenters. The fraction of sp³-hybridized carbons (Fsp3) is 0.222. The summed E-state index contributed by atoms with van der Waals surface area (Å²) in [6.07, 6.45) is 1.33. The van der Waals surface area contributed by atoms with Gasteiger partial charge < -0.3 is 14.9 Å². The summed E-state index contributed by atoms with van der Waals surface area (Å²) in [6, 6.07) is 0. The van der Waals surface area contributed by atoms with E-state index in [1.807, 2.05) is 0 Å². The van der Waals surface area contributed by atoms with E-state index in [1.165, 1.54) is 0 Å². The quantitative estimate of drug-likeness (QED) is 0.484. The molecule has 0 saturated heterocycles. The van der Waals surface area contributed by atoms with E-state index in [1.54, 1.807) is 0 Å². The van der Waals surface area contributed by atoms with E-state index in [0.717, 1.165) is 6.08 Å². The van der Waals surface area contributed by atoms with Gasteiger partial charge in [0.25, 0.3) is 0 Å². The van der Waals surface area contributed by atoms with Crippen LogP contribution in [0.4, 0.5) is 0 Å². The van der Waals surface area contributed by atoms with Crippen LogP contribution in [0.15, 0.2) is 24.3 Å². The first-order chi connectivity index (χ1) is 6.97. The highest BCUT2D eigenvalue weighted by Crippen LogP contribution is 2.02. The van der Waals surface area contributed by atoms with E-state index in [2.05, 4.69) is 11.3 Å². The van der Waals surface area contributed by atoms with Crippen LogP contribution in [-0.2, 0) is 19.1 Å². The Morgan fingerprint density at radius 3 is 2.27 bits per heavy atom. The summed E-state index contributed by atoms with van der Waals surface area (Å²) in [7, 11) is 0. The zero-order valence-electron chi connectivity index (χ0n) is 7.80. The largest absolute Gasteiger partial charge is 0.478 e. The van der Waals surface area contributed by atoms with Gasteiger partial charge in [0.2, 0.25) is 0 Å². The van der Waals surface area contributed by atoms with Crippen LogP contribution in [0.5, 0.6) is 0 Å². The third kappa shape index (κ3) is 6.03. The van der Waals surface area contributed by atoms with Crippen LogP contribution < -0.4 is 0 Å². The maximum atomic E-state index is 10.6. The van der Waals surface area contributed by atoms with E-state index < -0.39 is 17.9 Å². The Kier molecular flexibility index (Phi) is 5.47. The molecular weight excluding hydrogens is 204 g/mol. The minimum atomic E-state index is -1.36. The summed E-state index contributed by atoms with van der Waals surface area (Å²) in [5, 5.41) is 16.9. The predicted octanol–water partition coefficient (Wildman–Crippen LogP) is 0.201. The molecule has 2 N–H and O–H groups in total. The van der Waals surface area contributed by atoms with Crippen molar-refractivity contribution < 1.29 is 29.3 Å². The minimum absolute atomic E-state index is 0.165. The molecule has 0 radical (unpaired) electrons. The Hall–Kier alpha value is -2.11. The summed E-state index contributed by atoms with van der Waals surface area (Å²) in [4.78, 5) is 31.3. The number of rotatable bonds is 6. The third-order valence-electron chi connectivity index (χ3n) is 1.35. The number of hydrogen-bond donors (Lipinski definition) is 2. The molecule has 0 aliphatic carbocycles. The van der Waals surface area contributed by atoms with Gasteiger partial charge in [0, 0.05) is 24.1 Å². The van der Waals surface area contributed by atoms with Gasteiger partial charge >= 0.3 is 17.9 Å². The average molecular weight is 214 g/mol. The molecule has 0 aromatic rings. The zero-order chi connectivity index (χ0) is 11.8. The molecule has 0 aliphatic heterocycles. The Morgan fingerprint density at radius 2 is 1.87 bits per heavy atom. The van der Waals surface area contributed by atoms with Crippen molar-refractivity contribution in [3.63, 3.8) is 0 Å². The Morgan fingerprint density at radius 1 is 1.27 bits per heavy atom. The van der Waals surface area contributed by atoms with Crippen molar-refractivity contribution in [2.75, 3.05) is 6.61 Å². The summed E-state index contributed by atoms with van der Waals surface area (Å²) in [5.74, 6) is -3.40. The molecule has 0 amide bonds. The smallest absolute Gasteiger partial charge is 0.331 e. The molecule has 15 heavy (non-hydrogen) atoms. The Balaban J connectivity index is 4.21. The van der Waals surface area contributed by atoms with Crippen molar-refractivity contribution >= 4 is 17.9 Å². The van der Waals surface area contributed by atoms with Crippen molar-refractivity contribution in [1.82, 2.24) is 0 Å². The van der Waals surface area contributed by atoms with Gasteiger partial charge in [-0.1, -0.05) is 6.58 Å². The molecule has 0 aromatic heterocycles. The first kappa shape index (κ1) is 12.9. The second-order valence-corrected chi connectivity index (χ2v) is 2.43. The molecule has 0 unspecified atom stereocenters. The number of esters is 1. The van der Waals surface area contributed by atoms with Crippen molar-refractivity contribution in [1.29, 1.82) is 0 Å². The highest BCUT2D eigenvalue weighted by Gasteiger charge is 2.10. The van der Waals surface area contributed by atoms with E-state index in [4.69, 9.17) is 10.2 Å². The molecule has 0 saturated carbocycles. The van der Waals surface area contributed by atoms with E-state index in [-0.39, 0.29) is 18.6 Å². The first-order valence-electron chi connectivity index (χ1n) is 3.93. The lowest BCUT2D eigenvalue weighted by Crippen LogP contribution is -2.09. The molecule has 82 valence electrons. The Labute approximate surface area is 85.5 Å². The van der Waals surface area contributed by atoms with Gasteiger partial charge in [0.1, 0.15) is 0 Å². The van der Waals surface area contributed by atoms with Crippen molar-refractivity contribution in [3.8, 4) is 0 Å². The van der Waals surface area contributed by atoms with Crippen molar-refractivity contribution in [3.05, 3.63) is 24.3 Å². The first-order valence-corrected chi connectivity index (χ1v) is 3.93. The van der Waals surface area contributed by atoms with Gasteiger partial charge in [-0.15, -0.1) is 0 Å². The van der Waals surface area contributed by atoms with Gasteiger partial charge in [-0.3, -0.25) is 0 Å². The van der Waals surface area contributed by atoms with Crippen LogP contribution in [0.25, 0.3) is 0 Å². The predicted molar refractivity (Wildman–Crippen MR) is 49.1 cm³/mol. The summed E-state index contributed by atoms with van der Waals surface area (Å²) < 4.78 is 4.50. The molecule has 6 nitrogen and oxygen atoms in total. The molecule has 6 heteroatoms. The standard InChI is InChI=1S/C9H10O6/c1-2-8(12)15-4-3-6(9(13)14)5-7(10)11/h2,5H,1,3-4H2,(H,10,11)(H,13,14)/b6-5+. The molecule has 0 fully saturated rings. The molecule has 0 aromatic carbocycles. The van der Waals surface area contributed by atoms with Crippen LogP contribution in [0, 0.1) is 0 Å². The van der Waals surface area contributed by atoms with Crippen molar-refractivity contribution in [2.45, 2.75) is 6.42 Å². The molecular formula is C9H10O6. The van der Waals surface area contributed by atoms with Crippen LogP contribution in [-0.4, -0.2) is 34.7 Å². The fourth-order valence-corrected chi connectivity index (χ4v) is 0.710. The van der Waals surface area contributed by atoms with E-state index >= 15 is 0 Å². The fourth-order valence-electron chi connectivity index (χ4n) is 0.710. The number of carboxylic acids is 2. The summed E-state index contributed by atoms with van der Waals surface area (Å²) in [5.41, 5.74) is -0.334.